The van der Waals surface area contributed by atoms with Crippen molar-refractivity contribution < 1.29 is 13.9 Å². The molecule has 78 valence electrons. The molecule has 14 heavy (non-hydrogen) atoms. The first-order valence-corrected chi connectivity index (χ1v) is 4.29. The van der Waals surface area contributed by atoms with Crippen molar-refractivity contribution in [1.82, 2.24) is 0 Å². The summed E-state index contributed by atoms with van der Waals surface area (Å²) in [6.45, 7) is 0.288. The van der Waals surface area contributed by atoms with Crippen LogP contribution in [0.1, 0.15) is 11.7 Å². The molecule has 0 radical (unpaired) electrons. The van der Waals surface area contributed by atoms with Gasteiger partial charge >= 0.3 is 0 Å². The number of ether oxygens (including phenoxy) is 2. The molecule has 0 aliphatic carbocycles. The van der Waals surface area contributed by atoms with E-state index in [4.69, 9.17) is 15.2 Å². The SMILES string of the molecule is COc1c(F)cccc1C(CN)OC. The Kier molecular flexibility index (Phi) is 3.85. The number of benzene rings is 1. The highest BCUT2D eigenvalue weighted by molar-refractivity contribution is 5.36. The molecule has 0 aliphatic heterocycles. The average molecular weight is 199 g/mol. The van der Waals surface area contributed by atoms with Crippen LogP contribution in [0, 0.1) is 5.82 Å². The van der Waals surface area contributed by atoms with Crippen LogP contribution in [0.25, 0.3) is 0 Å². The van der Waals surface area contributed by atoms with Gasteiger partial charge in [-0.1, -0.05) is 12.1 Å². The predicted octanol–water partition coefficient (Wildman–Crippen LogP) is 1.48. The third kappa shape index (κ3) is 2.02. The Balaban J connectivity index is 3.11. The Bertz CT molecular complexity index is 300. The van der Waals surface area contributed by atoms with E-state index in [9.17, 15) is 4.39 Å². The monoisotopic (exact) mass is 199 g/mol. The Morgan fingerprint density at radius 3 is 2.64 bits per heavy atom. The van der Waals surface area contributed by atoms with Crippen LogP contribution >= 0.6 is 0 Å². The average Bonchev–Trinajstić information content (AvgIpc) is 2.20. The quantitative estimate of drug-likeness (QED) is 0.798. The van der Waals surface area contributed by atoms with Gasteiger partial charge in [0.25, 0.3) is 0 Å². The van der Waals surface area contributed by atoms with Gasteiger partial charge in [-0.15, -0.1) is 0 Å². The molecule has 1 aromatic rings. The van der Waals surface area contributed by atoms with Crippen molar-refractivity contribution >= 4 is 0 Å². The molecule has 1 rings (SSSR count). The van der Waals surface area contributed by atoms with Gasteiger partial charge in [0.15, 0.2) is 11.6 Å². The van der Waals surface area contributed by atoms with E-state index in [0.717, 1.165) is 0 Å². The van der Waals surface area contributed by atoms with Gasteiger partial charge in [-0.05, 0) is 6.07 Å². The molecule has 1 aromatic carbocycles. The first kappa shape index (κ1) is 10.9. The zero-order valence-electron chi connectivity index (χ0n) is 8.29. The lowest BCUT2D eigenvalue weighted by atomic mass is 10.1. The number of methoxy groups -OCH3 is 2. The molecule has 3 nitrogen and oxygen atoms in total. The van der Waals surface area contributed by atoms with Gasteiger partial charge in [0, 0.05) is 19.2 Å². The highest BCUT2D eigenvalue weighted by Crippen LogP contribution is 2.28. The van der Waals surface area contributed by atoms with E-state index in [1.807, 2.05) is 0 Å². The van der Waals surface area contributed by atoms with Crippen molar-refractivity contribution in [2.24, 2.45) is 5.73 Å². The second-order valence-corrected chi connectivity index (χ2v) is 2.82. The Morgan fingerprint density at radius 2 is 2.14 bits per heavy atom. The summed E-state index contributed by atoms with van der Waals surface area (Å²) in [6, 6.07) is 4.68. The molecular weight excluding hydrogens is 185 g/mol. The smallest absolute Gasteiger partial charge is 0.165 e. The lowest BCUT2D eigenvalue weighted by Gasteiger charge is -2.16. The van der Waals surface area contributed by atoms with Crippen molar-refractivity contribution in [2.75, 3.05) is 20.8 Å². The van der Waals surface area contributed by atoms with Crippen LogP contribution < -0.4 is 10.5 Å². The minimum Gasteiger partial charge on any atom is -0.493 e. The van der Waals surface area contributed by atoms with E-state index >= 15 is 0 Å². The summed E-state index contributed by atoms with van der Waals surface area (Å²) in [7, 11) is 2.95. The largest absolute Gasteiger partial charge is 0.493 e. The molecule has 0 amide bonds. The third-order valence-electron chi connectivity index (χ3n) is 2.05. The minimum absolute atomic E-state index is 0.199. The van der Waals surface area contributed by atoms with Gasteiger partial charge < -0.3 is 15.2 Å². The molecule has 4 heteroatoms. The highest BCUT2D eigenvalue weighted by atomic mass is 19.1. The van der Waals surface area contributed by atoms with Crippen LogP contribution in [0.15, 0.2) is 18.2 Å². The van der Waals surface area contributed by atoms with Crippen LogP contribution in [0.2, 0.25) is 0 Å². The van der Waals surface area contributed by atoms with Gasteiger partial charge in [-0.2, -0.15) is 0 Å². The minimum atomic E-state index is -0.402. The lowest BCUT2D eigenvalue weighted by Crippen LogP contribution is -2.15. The van der Waals surface area contributed by atoms with E-state index in [1.54, 1.807) is 12.1 Å². The number of halogens is 1. The van der Waals surface area contributed by atoms with E-state index in [0.29, 0.717) is 5.56 Å². The van der Waals surface area contributed by atoms with E-state index in [-0.39, 0.29) is 18.4 Å². The summed E-state index contributed by atoms with van der Waals surface area (Å²) in [6.07, 6.45) is -0.333. The van der Waals surface area contributed by atoms with E-state index in [1.165, 1.54) is 20.3 Å². The first-order valence-electron chi connectivity index (χ1n) is 4.29. The van der Waals surface area contributed by atoms with E-state index in [2.05, 4.69) is 0 Å². The predicted molar refractivity (Wildman–Crippen MR) is 51.8 cm³/mol. The van der Waals surface area contributed by atoms with Crippen LogP contribution in [0.3, 0.4) is 0 Å². The number of nitrogens with two attached hydrogens (primary N) is 1. The lowest BCUT2D eigenvalue weighted by molar-refractivity contribution is 0.107. The Labute approximate surface area is 82.6 Å². The molecule has 0 aromatic heterocycles. The van der Waals surface area contributed by atoms with Crippen molar-refractivity contribution in [2.45, 2.75) is 6.10 Å². The molecule has 0 spiro atoms. The number of hydrogen-bond donors (Lipinski definition) is 1. The van der Waals surface area contributed by atoms with Crippen molar-refractivity contribution in [3.05, 3.63) is 29.6 Å². The zero-order chi connectivity index (χ0) is 10.6. The molecule has 0 heterocycles. The molecular formula is C10H14FNO2. The summed E-state index contributed by atoms with van der Waals surface area (Å²) in [5.74, 6) is -0.203. The van der Waals surface area contributed by atoms with Crippen LogP contribution in [-0.4, -0.2) is 20.8 Å². The number of rotatable bonds is 4. The van der Waals surface area contributed by atoms with Gasteiger partial charge in [0.1, 0.15) is 0 Å². The standard InChI is InChI=1S/C10H14FNO2/c1-13-9(6-12)7-4-3-5-8(11)10(7)14-2/h3-5,9H,6,12H2,1-2H3. The Hall–Kier alpha value is -1.13. The molecule has 0 saturated heterocycles. The van der Waals surface area contributed by atoms with Crippen molar-refractivity contribution in [1.29, 1.82) is 0 Å². The zero-order valence-corrected chi connectivity index (χ0v) is 8.29. The fourth-order valence-corrected chi connectivity index (χ4v) is 1.34. The molecule has 1 atom stereocenters. The topological polar surface area (TPSA) is 44.5 Å². The number of hydrogen-bond acceptors (Lipinski definition) is 3. The van der Waals surface area contributed by atoms with Crippen molar-refractivity contribution in [3.63, 3.8) is 0 Å². The fraction of sp³-hybridized carbons (Fsp3) is 0.400. The van der Waals surface area contributed by atoms with Crippen LogP contribution in [-0.2, 0) is 4.74 Å². The molecule has 2 N–H and O–H groups in total. The van der Waals surface area contributed by atoms with Crippen LogP contribution in [0.5, 0.6) is 5.75 Å². The first-order chi connectivity index (χ1) is 6.74. The highest BCUT2D eigenvalue weighted by Gasteiger charge is 2.16. The molecule has 0 aliphatic rings. The molecule has 0 saturated carbocycles. The second kappa shape index (κ2) is 4.93. The van der Waals surface area contributed by atoms with Crippen molar-refractivity contribution in [3.8, 4) is 5.75 Å². The summed E-state index contributed by atoms with van der Waals surface area (Å²) >= 11 is 0. The maximum atomic E-state index is 13.3. The summed E-state index contributed by atoms with van der Waals surface area (Å²) < 4.78 is 23.3. The van der Waals surface area contributed by atoms with Gasteiger partial charge in [0.2, 0.25) is 0 Å². The maximum Gasteiger partial charge on any atom is 0.165 e. The summed E-state index contributed by atoms with van der Waals surface area (Å²) in [4.78, 5) is 0. The Morgan fingerprint density at radius 1 is 1.43 bits per heavy atom. The molecule has 0 bridgehead atoms. The summed E-state index contributed by atoms with van der Waals surface area (Å²) in [5.41, 5.74) is 6.12. The van der Waals surface area contributed by atoms with Gasteiger partial charge in [-0.3, -0.25) is 0 Å². The normalized spacial score (nSPS) is 12.6. The van der Waals surface area contributed by atoms with E-state index < -0.39 is 5.82 Å². The molecule has 0 fully saturated rings. The summed E-state index contributed by atoms with van der Waals surface area (Å²) in [5, 5.41) is 0. The number of para-hydroxylation sites is 1. The molecule has 1 unspecified atom stereocenters. The van der Waals surface area contributed by atoms with Gasteiger partial charge in [0.05, 0.1) is 13.2 Å². The second-order valence-electron chi connectivity index (χ2n) is 2.82. The van der Waals surface area contributed by atoms with Gasteiger partial charge in [-0.25, -0.2) is 4.39 Å². The van der Waals surface area contributed by atoms with Crippen LogP contribution in [0.4, 0.5) is 4.39 Å². The fourth-order valence-electron chi connectivity index (χ4n) is 1.34. The maximum absolute atomic E-state index is 13.3. The third-order valence-corrected chi connectivity index (χ3v) is 2.05.